The molecule has 0 heterocycles. The summed E-state index contributed by atoms with van der Waals surface area (Å²) in [4.78, 5) is 0. The van der Waals surface area contributed by atoms with Crippen LogP contribution in [0.2, 0.25) is 0 Å². The second kappa shape index (κ2) is 6.55. The minimum absolute atomic E-state index is 0.271. The molecule has 20 heavy (non-hydrogen) atoms. The highest BCUT2D eigenvalue weighted by Crippen LogP contribution is 2.25. The van der Waals surface area contributed by atoms with Crippen LogP contribution in [-0.4, -0.2) is 14.5 Å². The van der Waals surface area contributed by atoms with Crippen molar-refractivity contribution < 1.29 is 13.5 Å². The van der Waals surface area contributed by atoms with Gasteiger partial charge >= 0.3 is 0 Å². The molecule has 0 radical (unpaired) electrons. The summed E-state index contributed by atoms with van der Waals surface area (Å²) < 4.78 is 33.0. The fraction of sp³-hybridized carbons (Fsp3) is 0.250. The number of hydrogen-bond donors (Lipinski definition) is 0. The van der Waals surface area contributed by atoms with E-state index in [0.717, 1.165) is 18.6 Å². The molecule has 0 N–H and O–H groups in total. The van der Waals surface area contributed by atoms with Gasteiger partial charge in [-0.2, -0.15) is 0 Å². The summed E-state index contributed by atoms with van der Waals surface area (Å²) in [5.41, 5.74) is 1.23. The van der Waals surface area contributed by atoms with Crippen LogP contribution in [0.3, 0.4) is 0 Å². The molecule has 2 rings (SSSR count). The number of rotatable bonds is 5. The first-order chi connectivity index (χ1) is 9.63. The quantitative estimate of drug-likeness (QED) is 0.601. The van der Waals surface area contributed by atoms with Crippen LogP contribution >= 0.6 is 0 Å². The highest BCUT2D eigenvalue weighted by atomic mass is 19.2. The molecule has 0 atom stereocenters. The molecule has 0 fully saturated rings. The molecular formula is C16H17BF2O. The van der Waals surface area contributed by atoms with Crippen LogP contribution in [0.25, 0.3) is 11.1 Å². The fourth-order valence-corrected chi connectivity index (χ4v) is 1.93. The molecule has 2 aromatic carbocycles. The second-order valence-electron chi connectivity index (χ2n) is 4.78. The van der Waals surface area contributed by atoms with Gasteiger partial charge in [0.2, 0.25) is 0 Å². The molecule has 0 saturated carbocycles. The second-order valence-corrected chi connectivity index (χ2v) is 4.78. The lowest BCUT2D eigenvalue weighted by Crippen LogP contribution is -2.11. The summed E-state index contributed by atoms with van der Waals surface area (Å²) in [5.74, 6) is -0.842. The average molecular weight is 274 g/mol. The van der Waals surface area contributed by atoms with Crippen LogP contribution in [-0.2, 0) is 0 Å². The Morgan fingerprint density at radius 1 is 1.00 bits per heavy atom. The van der Waals surface area contributed by atoms with E-state index in [1.165, 1.54) is 0 Å². The van der Waals surface area contributed by atoms with E-state index in [1.54, 1.807) is 44.2 Å². The lowest BCUT2D eigenvalue weighted by Gasteiger charge is -2.08. The highest BCUT2D eigenvalue weighted by molar-refractivity contribution is 6.32. The van der Waals surface area contributed by atoms with E-state index in [4.69, 9.17) is 4.74 Å². The number of ether oxygens (including phenoxy) is 1. The van der Waals surface area contributed by atoms with Gasteiger partial charge in [0.05, 0.1) is 6.61 Å². The molecule has 0 aliphatic heterocycles. The van der Waals surface area contributed by atoms with Gasteiger partial charge in [-0.05, 0) is 24.1 Å². The van der Waals surface area contributed by atoms with Crippen molar-refractivity contribution in [3.63, 3.8) is 0 Å². The van der Waals surface area contributed by atoms with E-state index < -0.39 is 11.6 Å². The Morgan fingerprint density at radius 2 is 1.70 bits per heavy atom. The Balaban J connectivity index is 2.20. The Bertz CT molecular complexity index is 582. The maximum Gasteiger partial charge on any atom is 0.166 e. The lowest BCUT2D eigenvalue weighted by atomic mass is 9.92. The zero-order valence-corrected chi connectivity index (χ0v) is 11.7. The molecule has 0 unspecified atom stereocenters. The summed E-state index contributed by atoms with van der Waals surface area (Å²) in [5, 5.41) is 0. The van der Waals surface area contributed by atoms with Gasteiger partial charge in [0.1, 0.15) is 13.6 Å². The number of hydrogen-bond acceptors (Lipinski definition) is 1. The molecule has 1 nitrogen and oxygen atoms in total. The molecule has 0 spiro atoms. The van der Waals surface area contributed by atoms with Crippen molar-refractivity contribution in [3.05, 3.63) is 48.0 Å². The summed E-state index contributed by atoms with van der Waals surface area (Å²) in [6, 6.07) is 10.2. The van der Waals surface area contributed by atoms with Gasteiger partial charge in [-0.15, -0.1) is 0 Å². The lowest BCUT2D eigenvalue weighted by molar-refractivity contribution is 0.309. The van der Waals surface area contributed by atoms with Crippen molar-refractivity contribution in [1.82, 2.24) is 0 Å². The average Bonchev–Trinajstić information content (AvgIpc) is 2.46. The molecule has 0 bridgehead atoms. The maximum atomic E-state index is 13.9. The first-order valence-electron chi connectivity index (χ1n) is 6.81. The number of unbranched alkanes of at least 4 members (excludes halogenated alkanes) is 1. The number of halogens is 2. The first kappa shape index (κ1) is 14.6. The Morgan fingerprint density at radius 3 is 2.35 bits per heavy atom. The van der Waals surface area contributed by atoms with Crippen LogP contribution in [0.1, 0.15) is 19.8 Å². The fourth-order valence-electron chi connectivity index (χ4n) is 1.93. The largest absolute Gasteiger partial charge is 0.494 e. The predicted octanol–water partition coefficient (Wildman–Crippen LogP) is 3.07. The van der Waals surface area contributed by atoms with Crippen molar-refractivity contribution >= 4 is 13.3 Å². The van der Waals surface area contributed by atoms with E-state index in [-0.39, 0.29) is 5.56 Å². The number of benzene rings is 2. The van der Waals surface area contributed by atoms with Crippen LogP contribution in [0.5, 0.6) is 5.75 Å². The molecule has 4 heteroatoms. The van der Waals surface area contributed by atoms with Crippen molar-refractivity contribution in [2.45, 2.75) is 19.8 Å². The first-order valence-corrected chi connectivity index (χ1v) is 6.81. The zero-order valence-electron chi connectivity index (χ0n) is 11.7. The standard InChI is InChI=1S/C16H17BF2O/c1-2-3-10-20-12-6-4-11(5-7-12)13-8-9-14(17)16(19)15(13)18/h4-9H,2-3,10,17H2,1H3. The normalized spacial score (nSPS) is 10.6. The van der Waals surface area contributed by atoms with Gasteiger partial charge in [0.25, 0.3) is 0 Å². The van der Waals surface area contributed by atoms with Crippen LogP contribution in [0, 0.1) is 11.6 Å². The molecule has 0 aliphatic rings. The Hall–Kier alpha value is -1.84. The van der Waals surface area contributed by atoms with Gasteiger partial charge < -0.3 is 4.74 Å². The van der Waals surface area contributed by atoms with Crippen molar-refractivity contribution in [2.75, 3.05) is 6.61 Å². The molecular weight excluding hydrogens is 257 g/mol. The van der Waals surface area contributed by atoms with Gasteiger partial charge in [0, 0.05) is 5.56 Å². The van der Waals surface area contributed by atoms with Gasteiger partial charge in [-0.25, -0.2) is 8.78 Å². The zero-order chi connectivity index (χ0) is 14.5. The molecule has 0 aromatic heterocycles. The monoisotopic (exact) mass is 274 g/mol. The van der Waals surface area contributed by atoms with E-state index in [2.05, 4.69) is 6.92 Å². The predicted molar refractivity (Wildman–Crippen MR) is 80.4 cm³/mol. The highest BCUT2D eigenvalue weighted by Gasteiger charge is 2.12. The van der Waals surface area contributed by atoms with E-state index in [1.807, 2.05) is 0 Å². The van der Waals surface area contributed by atoms with E-state index >= 15 is 0 Å². The van der Waals surface area contributed by atoms with Crippen LogP contribution in [0.15, 0.2) is 36.4 Å². The Labute approximate surface area is 119 Å². The van der Waals surface area contributed by atoms with Crippen LogP contribution in [0.4, 0.5) is 8.78 Å². The molecule has 0 saturated heterocycles. The summed E-state index contributed by atoms with van der Waals surface area (Å²) >= 11 is 0. The maximum absolute atomic E-state index is 13.9. The smallest absolute Gasteiger partial charge is 0.166 e. The molecule has 0 aliphatic carbocycles. The molecule has 104 valence electrons. The third-order valence-corrected chi connectivity index (χ3v) is 3.21. The SMILES string of the molecule is Bc1ccc(-c2ccc(OCCCC)cc2)c(F)c1F. The topological polar surface area (TPSA) is 9.23 Å². The van der Waals surface area contributed by atoms with Gasteiger partial charge in [-0.3, -0.25) is 0 Å². The minimum atomic E-state index is -0.801. The van der Waals surface area contributed by atoms with E-state index in [9.17, 15) is 8.78 Å². The van der Waals surface area contributed by atoms with Crippen molar-refractivity contribution in [1.29, 1.82) is 0 Å². The molecule has 2 aromatic rings. The van der Waals surface area contributed by atoms with Crippen molar-refractivity contribution in [2.24, 2.45) is 0 Å². The summed E-state index contributed by atoms with van der Waals surface area (Å²) in [7, 11) is 1.55. The van der Waals surface area contributed by atoms with E-state index in [0.29, 0.717) is 17.6 Å². The third kappa shape index (κ3) is 3.18. The van der Waals surface area contributed by atoms with Crippen LogP contribution < -0.4 is 10.2 Å². The minimum Gasteiger partial charge on any atom is -0.494 e. The summed E-state index contributed by atoms with van der Waals surface area (Å²) in [6.07, 6.45) is 2.07. The molecule has 0 amide bonds. The third-order valence-electron chi connectivity index (χ3n) is 3.21. The van der Waals surface area contributed by atoms with Gasteiger partial charge in [0.15, 0.2) is 11.6 Å². The summed E-state index contributed by atoms with van der Waals surface area (Å²) in [6.45, 7) is 2.77. The van der Waals surface area contributed by atoms with Gasteiger partial charge in [-0.1, -0.05) is 43.1 Å². The Kier molecular flexibility index (Phi) is 4.77. The van der Waals surface area contributed by atoms with Crippen molar-refractivity contribution in [3.8, 4) is 16.9 Å².